The first-order valence-corrected chi connectivity index (χ1v) is 7.58. The van der Waals surface area contributed by atoms with Gasteiger partial charge in [-0.3, -0.25) is 0 Å². The molecule has 0 spiro atoms. The third-order valence-electron chi connectivity index (χ3n) is 3.44. The monoisotopic (exact) mass is 325 g/mol. The zero-order chi connectivity index (χ0) is 16.6. The minimum Gasteiger partial charge on any atom is -0.497 e. The summed E-state index contributed by atoms with van der Waals surface area (Å²) >= 11 is 6.08. The van der Waals surface area contributed by atoms with Crippen LogP contribution in [0.3, 0.4) is 0 Å². The van der Waals surface area contributed by atoms with Crippen molar-refractivity contribution in [2.24, 2.45) is 0 Å². The number of halogens is 1. The van der Waals surface area contributed by atoms with Crippen molar-refractivity contribution >= 4 is 33.4 Å². The number of methoxy groups -OCH3 is 1. The summed E-state index contributed by atoms with van der Waals surface area (Å²) in [5.74, 6) is 6.72. The van der Waals surface area contributed by atoms with Crippen molar-refractivity contribution in [3.05, 3.63) is 47.0 Å². The van der Waals surface area contributed by atoms with Crippen LogP contribution in [0.25, 0.3) is 21.8 Å². The molecule has 2 aromatic carbocycles. The molecule has 0 radical (unpaired) electrons. The van der Waals surface area contributed by atoms with Gasteiger partial charge in [-0.25, -0.2) is 4.98 Å². The predicted octanol–water partition coefficient (Wildman–Crippen LogP) is 4.17. The molecule has 0 aliphatic rings. The number of ether oxygens (including phenoxy) is 1. The second-order valence-electron chi connectivity index (χ2n) is 5.84. The van der Waals surface area contributed by atoms with Crippen LogP contribution in [0.15, 0.2) is 36.4 Å². The lowest BCUT2D eigenvalue weighted by molar-refractivity contribution is 0.143. The highest BCUT2D eigenvalue weighted by Gasteiger charge is 2.11. The van der Waals surface area contributed by atoms with Crippen LogP contribution in [0.4, 0.5) is 0 Å². The molecule has 1 aromatic heterocycles. The Bertz CT molecular complexity index is 962. The number of benzene rings is 2. The Morgan fingerprint density at radius 1 is 1.09 bits per heavy atom. The largest absolute Gasteiger partial charge is 0.497 e. The lowest BCUT2D eigenvalue weighted by Crippen LogP contribution is -2.14. The standard InChI is InChI=1S/C19H16ClNO2/c1-19(2,22)9-8-14-15-6-4-12(20)10-18(15)21-17-7-5-13(23-3)11-16(14)17/h4-7,10-11,22H,1-3H3. The van der Waals surface area contributed by atoms with Crippen LogP contribution in [-0.4, -0.2) is 22.8 Å². The molecule has 1 heterocycles. The fraction of sp³-hybridized carbons (Fsp3) is 0.211. The zero-order valence-corrected chi connectivity index (χ0v) is 13.9. The van der Waals surface area contributed by atoms with Crippen molar-refractivity contribution < 1.29 is 9.84 Å². The average molecular weight is 326 g/mol. The van der Waals surface area contributed by atoms with Gasteiger partial charge in [-0.15, -0.1) is 0 Å². The molecule has 4 heteroatoms. The summed E-state index contributed by atoms with van der Waals surface area (Å²) in [5, 5.41) is 12.3. The van der Waals surface area contributed by atoms with E-state index < -0.39 is 5.60 Å². The molecule has 0 aliphatic carbocycles. The summed E-state index contributed by atoms with van der Waals surface area (Å²) < 4.78 is 5.31. The highest BCUT2D eigenvalue weighted by Crippen LogP contribution is 2.29. The van der Waals surface area contributed by atoms with E-state index in [1.807, 2.05) is 36.4 Å². The first-order valence-electron chi connectivity index (χ1n) is 7.20. The van der Waals surface area contributed by atoms with Gasteiger partial charge in [0.05, 0.1) is 18.1 Å². The van der Waals surface area contributed by atoms with E-state index in [0.29, 0.717) is 5.02 Å². The van der Waals surface area contributed by atoms with Crippen LogP contribution in [0.2, 0.25) is 5.02 Å². The molecule has 0 atom stereocenters. The normalized spacial score (nSPS) is 11.3. The Morgan fingerprint density at radius 3 is 2.57 bits per heavy atom. The first-order chi connectivity index (χ1) is 10.9. The molecule has 0 unspecified atom stereocenters. The minimum absolute atomic E-state index is 0.624. The number of hydrogen-bond donors (Lipinski definition) is 1. The number of rotatable bonds is 1. The highest BCUT2D eigenvalue weighted by molar-refractivity contribution is 6.31. The summed E-state index contributed by atoms with van der Waals surface area (Å²) in [5.41, 5.74) is 1.31. The Kier molecular flexibility index (Phi) is 3.89. The SMILES string of the molecule is COc1ccc2nc3cc(Cl)ccc3c(C#CC(C)(C)O)c2c1. The first kappa shape index (κ1) is 15.6. The topological polar surface area (TPSA) is 42.4 Å². The zero-order valence-electron chi connectivity index (χ0n) is 13.1. The van der Waals surface area contributed by atoms with Crippen LogP contribution < -0.4 is 4.74 Å². The van der Waals surface area contributed by atoms with Crippen LogP contribution in [0.5, 0.6) is 5.75 Å². The Balaban J connectivity index is 2.42. The van der Waals surface area contributed by atoms with Crippen molar-refractivity contribution in [2.75, 3.05) is 7.11 Å². The van der Waals surface area contributed by atoms with Crippen molar-refractivity contribution in [3.8, 4) is 17.6 Å². The molecule has 116 valence electrons. The second kappa shape index (κ2) is 5.73. The quantitative estimate of drug-likeness (QED) is 0.539. The maximum absolute atomic E-state index is 9.93. The van der Waals surface area contributed by atoms with E-state index in [1.165, 1.54) is 0 Å². The van der Waals surface area contributed by atoms with Gasteiger partial charge in [0, 0.05) is 21.4 Å². The molecule has 0 amide bonds. The number of nitrogens with zero attached hydrogens (tertiary/aromatic N) is 1. The van der Waals surface area contributed by atoms with E-state index in [4.69, 9.17) is 16.3 Å². The molecule has 0 saturated heterocycles. The Labute approximate surface area is 139 Å². The van der Waals surface area contributed by atoms with Crippen molar-refractivity contribution in [1.82, 2.24) is 4.98 Å². The van der Waals surface area contributed by atoms with E-state index in [2.05, 4.69) is 16.8 Å². The molecule has 3 aromatic rings. The van der Waals surface area contributed by atoms with Crippen LogP contribution in [-0.2, 0) is 0 Å². The van der Waals surface area contributed by atoms with Crippen molar-refractivity contribution in [3.63, 3.8) is 0 Å². The van der Waals surface area contributed by atoms with Gasteiger partial charge < -0.3 is 9.84 Å². The van der Waals surface area contributed by atoms with Gasteiger partial charge in [0.1, 0.15) is 11.4 Å². The summed E-state index contributed by atoms with van der Waals surface area (Å²) in [4.78, 5) is 4.65. The van der Waals surface area contributed by atoms with Crippen LogP contribution >= 0.6 is 11.6 Å². The van der Waals surface area contributed by atoms with Gasteiger partial charge in [0.25, 0.3) is 0 Å². The number of aromatic nitrogens is 1. The molecule has 0 saturated carbocycles. The lowest BCUT2D eigenvalue weighted by Gasteiger charge is -2.10. The van der Waals surface area contributed by atoms with Gasteiger partial charge >= 0.3 is 0 Å². The number of aliphatic hydroxyl groups is 1. The van der Waals surface area contributed by atoms with Gasteiger partial charge in [-0.05, 0) is 44.2 Å². The van der Waals surface area contributed by atoms with Crippen LogP contribution in [0, 0.1) is 11.8 Å². The predicted molar refractivity (Wildman–Crippen MR) is 94.0 cm³/mol. The van der Waals surface area contributed by atoms with Gasteiger partial charge in [-0.2, -0.15) is 0 Å². The smallest absolute Gasteiger partial charge is 0.120 e. The van der Waals surface area contributed by atoms with Crippen molar-refractivity contribution in [1.29, 1.82) is 0 Å². The van der Waals surface area contributed by atoms with E-state index in [1.54, 1.807) is 21.0 Å². The summed E-state index contributed by atoms with van der Waals surface area (Å²) in [6, 6.07) is 11.2. The molecular weight excluding hydrogens is 310 g/mol. The Morgan fingerprint density at radius 2 is 1.87 bits per heavy atom. The average Bonchev–Trinajstić information content (AvgIpc) is 2.49. The van der Waals surface area contributed by atoms with E-state index in [9.17, 15) is 5.11 Å². The molecule has 23 heavy (non-hydrogen) atoms. The minimum atomic E-state index is -1.08. The fourth-order valence-electron chi connectivity index (χ4n) is 2.37. The molecule has 0 fully saturated rings. The summed E-state index contributed by atoms with van der Waals surface area (Å²) in [7, 11) is 1.62. The lowest BCUT2D eigenvalue weighted by atomic mass is 10.0. The molecule has 3 rings (SSSR count). The number of pyridine rings is 1. The molecule has 1 N–H and O–H groups in total. The third-order valence-corrected chi connectivity index (χ3v) is 3.67. The van der Waals surface area contributed by atoms with E-state index in [0.717, 1.165) is 33.1 Å². The van der Waals surface area contributed by atoms with Gasteiger partial charge in [0.15, 0.2) is 0 Å². The second-order valence-corrected chi connectivity index (χ2v) is 6.28. The van der Waals surface area contributed by atoms with E-state index >= 15 is 0 Å². The highest BCUT2D eigenvalue weighted by atomic mass is 35.5. The van der Waals surface area contributed by atoms with Crippen molar-refractivity contribution in [2.45, 2.75) is 19.4 Å². The number of hydrogen-bond acceptors (Lipinski definition) is 3. The maximum atomic E-state index is 9.93. The van der Waals surface area contributed by atoms with Crippen LogP contribution in [0.1, 0.15) is 19.4 Å². The van der Waals surface area contributed by atoms with Gasteiger partial charge in [0.2, 0.25) is 0 Å². The molecule has 0 aliphatic heterocycles. The fourth-order valence-corrected chi connectivity index (χ4v) is 2.54. The molecule has 0 bridgehead atoms. The van der Waals surface area contributed by atoms with E-state index in [-0.39, 0.29) is 0 Å². The molecule has 3 nitrogen and oxygen atoms in total. The summed E-state index contributed by atoms with van der Waals surface area (Å²) in [6.45, 7) is 3.31. The summed E-state index contributed by atoms with van der Waals surface area (Å²) in [6.07, 6.45) is 0. The number of fused-ring (bicyclic) bond motifs is 2. The Hall–Kier alpha value is -2.28. The van der Waals surface area contributed by atoms with Gasteiger partial charge in [-0.1, -0.05) is 29.5 Å². The maximum Gasteiger partial charge on any atom is 0.120 e. The third kappa shape index (κ3) is 3.24. The molecular formula is C19H16ClNO2.